The van der Waals surface area contributed by atoms with E-state index in [1.54, 1.807) is 42.9 Å². The molecule has 1 fully saturated rings. The first kappa shape index (κ1) is 20.8. The smallest absolute Gasteiger partial charge is 0.281 e. The molecule has 1 aromatic carbocycles. The van der Waals surface area contributed by atoms with Gasteiger partial charge in [-0.1, -0.05) is 12.1 Å². The van der Waals surface area contributed by atoms with Crippen molar-refractivity contribution < 1.29 is 23.2 Å². The fourth-order valence-electron chi connectivity index (χ4n) is 4.49. The van der Waals surface area contributed by atoms with E-state index in [9.17, 15) is 9.59 Å². The normalized spacial score (nSPS) is 21.0. The van der Waals surface area contributed by atoms with Gasteiger partial charge in [0.2, 0.25) is 0 Å². The van der Waals surface area contributed by atoms with Gasteiger partial charge in [0.25, 0.3) is 11.8 Å². The molecule has 2 aliphatic rings. The SMILES string of the molecule is NC(=O)c1ccccc1OCC(=O)N1N=C2C(=Cc3ccco3)CCCC2C1c1ccco1. The second-order valence-corrected chi connectivity index (χ2v) is 8.02. The molecule has 0 radical (unpaired) electrons. The van der Waals surface area contributed by atoms with Crippen LogP contribution in [0.4, 0.5) is 0 Å². The van der Waals surface area contributed by atoms with Crippen molar-refractivity contribution in [2.75, 3.05) is 6.61 Å². The van der Waals surface area contributed by atoms with E-state index in [1.807, 2.05) is 24.3 Å². The van der Waals surface area contributed by atoms with Crippen LogP contribution in [-0.4, -0.2) is 29.1 Å². The molecule has 2 aromatic heterocycles. The van der Waals surface area contributed by atoms with Gasteiger partial charge in [0.1, 0.15) is 23.3 Å². The molecule has 2 N–H and O–H groups in total. The van der Waals surface area contributed by atoms with Crippen LogP contribution in [0.25, 0.3) is 6.08 Å². The van der Waals surface area contributed by atoms with Gasteiger partial charge >= 0.3 is 0 Å². The standard InChI is InChI=1S/C25H23N3O5/c26-25(30)18-8-1-2-10-20(18)33-15-22(29)28-24(21-11-5-13-32-21)19-9-3-6-16(23(19)27-28)14-17-7-4-12-31-17/h1-2,4-5,7-8,10-14,19,24H,3,6,9,15H2,(H2,26,30). The molecule has 1 aliphatic heterocycles. The first-order valence-corrected chi connectivity index (χ1v) is 10.8. The Balaban J connectivity index is 1.43. The summed E-state index contributed by atoms with van der Waals surface area (Å²) in [5.41, 5.74) is 7.55. The van der Waals surface area contributed by atoms with E-state index >= 15 is 0 Å². The number of benzene rings is 1. The summed E-state index contributed by atoms with van der Waals surface area (Å²) in [6.07, 6.45) is 7.92. The Kier molecular flexibility index (Phi) is 5.56. The molecular formula is C25H23N3O5. The van der Waals surface area contributed by atoms with E-state index in [0.717, 1.165) is 36.3 Å². The predicted octanol–water partition coefficient (Wildman–Crippen LogP) is 4.17. The molecule has 2 atom stereocenters. The number of carbonyl (C=O) groups excluding carboxylic acids is 2. The predicted molar refractivity (Wildman–Crippen MR) is 120 cm³/mol. The number of fused-ring (bicyclic) bond motifs is 1. The number of allylic oxidation sites excluding steroid dienone is 1. The third-order valence-electron chi connectivity index (χ3n) is 5.96. The van der Waals surface area contributed by atoms with Gasteiger partial charge in [-0.15, -0.1) is 0 Å². The van der Waals surface area contributed by atoms with Gasteiger partial charge in [0.15, 0.2) is 6.61 Å². The molecule has 33 heavy (non-hydrogen) atoms. The lowest BCUT2D eigenvalue weighted by molar-refractivity contribution is -0.136. The van der Waals surface area contributed by atoms with Crippen LogP contribution < -0.4 is 10.5 Å². The summed E-state index contributed by atoms with van der Waals surface area (Å²) in [5.74, 6) is 0.730. The van der Waals surface area contributed by atoms with Crippen LogP contribution in [0.5, 0.6) is 5.75 Å². The highest BCUT2D eigenvalue weighted by Gasteiger charge is 2.45. The summed E-state index contributed by atoms with van der Waals surface area (Å²) < 4.78 is 16.9. The van der Waals surface area contributed by atoms with Crippen molar-refractivity contribution >= 4 is 23.6 Å². The zero-order valence-corrected chi connectivity index (χ0v) is 17.8. The van der Waals surface area contributed by atoms with Crippen LogP contribution in [0, 0.1) is 5.92 Å². The summed E-state index contributed by atoms with van der Waals surface area (Å²) in [7, 11) is 0. The van der Waals surface area contributed by atoms with E-state index in [1.165, 1.54) is 5.01 Å². The van der Waals surface area contributed by atoms with E-state index in [2.05, 4.69) is 0 Å². The number of hydrogen-bond donors (Lipinski definition) is 1. The molecule has 1 aliphatic carbocycles. The lowest BCUT2D eigenvalue weighted by Crippen LogP contribution is -2.34. The third-order valence-corrected chi connectivity index (χ3v) is 5.96. The number of ether oxygens (including phenoxy) is 1. The highest BCUT2D eigenvalue weighted by atomic mass is 16.5. The minimum absolute atomic E-state index is 0.00738. The minimum atomic E-state index is -0.619. The molecule has 168 valence electrons. The van der Waals surface area contributed by atoms with Gasteiger partial charge in [-0.25, -0.2) is 5.01 Å². The second kappa shape index (κ2) is 8.82. The maximum Gasteiger partial charge on any atom is 0.281 e. The molecule has 2 amide bonds. The van der Waals surface area contributed by atoms with Crippen LogP contribution in [0.1, 0.15) is 47.2 Å². The molecule has 0 spiro atoms. The zero-order chi connectivity index (χ0) is 22.8. The Hall–Kier alpha value is -4.07. The van der Waals surface area contributed by atoms with E-state index < -0.39 is 5.91 Å². The highest BCUT2D eigenvalue weighted by molar-refractivity contribution is 6.08. The lowest BCUT2D eigenvalue weighted by Gasteiger charge is -2.27. The Labute approximate surface area is 190 Å². The van der Waals surface area contributed by atoms with Gasteiger partial charge in [-0.05, 0) is 67.3 Å². The van der Waals surface area contributed by atoms with Crippen molar-refractivity contribution in [3.8, 4) is 5.75 Å². The monoisotopic (exact) mass is 445 g/mol. The average Bonchev–Trinajstić information content (AvgIpc) is 3.58. The number of hydrogen-bond acceptors (Lipinski definition) is 6. The number of carbonyl (C=O) groups is 2. The van der Waals surface area contributed by atoms with Crippen molar-refractivity contribution in [2.24, 2.45) is 16.8 Å². The number of nitrogens with two attached hydrogens (primary N) is 1. The van der Waals surface area contributed by atoms with E-state index in [4.69, 9.17) is 24.4 Å². The molecule has 2 unspecified atom stereocenters. The van der Waals surface area contributed by atoms with Crippen molar-refractivity contribution in [2.45, 2.75) is 25.3 Å². The molecule has 1 saturated carbocycles. The maximum atomic E-state index is 13.3. The molecule has 8 nitrogen and oxygen atoms in total. The first-order chi connectivity index (χ1) is 16.1. The Morgan fingerprint density at radius 3 is 2.70 bits per heavy atom. The van der Waals surface area contributed by atoms with Gasteiger partial charge in [-0.2, -0.15) is 5.10 Å². The Bertz CT molecular complexity index is 1210. The summed E-state index contributed by atoms with van der Waals surface area (Å²) in [5, 5.41) is 6.19. The molecule has 3 aromatic rings. The Morgan fingerprint density at radius 1 is 1.12 bits per heavy atom. The maximum absolute atomic E-state index is 13.3. The molecule has 0 saturated heterocycles. The fourth-order valence-corrected chi connectivity index (χ4v) is 4.49. The summed E-state index contributed by atoms with van der Waals surface area (Å²) in [6, 6.07) is 13.6. The molecule has 8 heteroatoms. The van der Waals surface area contributed by atoms with E-state index in [-0.39, 0.29) is 35.8 Å². The third kappa shape index (κ3) is 4.07. The number of rotatable bonds is 6. The van der Waals surface area contributed by atoms with E-state index in [0.29, 0.717) is 5.76 Å². The van der Waals surface area contributed by atoms with Gasteiger partial charge < -0.3 is 19.3 Å². The number of furan rings is 2. The second-order valence-electron chi connectivity index (χ2n) is 8.02. The summed E-state index contributed by atoms with van der Waals surface area (Å²) in [6.45, 7) is -0.289. The number of primary amides is 1. The van der Waals surface area contributed by atoms with Gasteiger partial charge in [0, 0.05) is 5.92 Å². The number of nitrogens with zero attached hydrogens (tertiary/aromatic N) is 2. The number of hydrazone groups is 1. The van der Waals surface area contributed by atoms with Crippen molar-refractivity contribution in [3.63, 3.8) is 0 Å². The zero-order valence-electron chi connectivity index (χ0n) is 17.8. The molecular weight excluding hydrogens is 422 g/mol. The number of amides is 2. The van der Waals surface area contributed by atoms with Crippen LogP contribution in [0.2, 0.25) is 0 Å². The topological polar surface area (TPSA) is 111 Å². The van der Waals surface area contributed by atoms with Crippen molar-refractivity contribution in [3.05, 3.63) is 83.7 Å². The van der Waals surface area contributed by atoms with Gasteiger partial charge in [-0.3, -0.25) is 9.59 Å². The quantitative estimate of drug-likeness (QED) is 0.612. The summed E-state index contributed by atoms with van der Waals surface area (Å²) in [4.78, 5) is 24.9. The molecule has 5 rings (SSSR count). The lowest BCUT2D eigenvalue weighted by atomic mass is 9.79. The van der Waals surface area contributed by atoms with Crippen LogP contribution in [0.3, 0.4) is 0 Å². The Morgan fingerprint density at radius 2 is 1.94 bits per heavy atom. The summed E-state index contributed by atoms with van der Waals surface area (Å²) >= 11 is 0. The first-order valence-electron chi connectivity index (χ1n) is 10.8. The average molecular weight is 445 g/mol. The molecule has 3 heterocycles. The van der Waals surface area contributed by atoms with Gasteiger partial charge in [0.05, 0.1) is 23.8 Å². The van der Waals surface area contributed by atoms with Crippen LogP contribution in [-0.2, 0) is 4.79 Å². The van der Waals surface area contributed by atoms with Crippen LogP contribution >= 0.6 is 0 Å². The number of para-hydroxylation sites is 1. The van der Waals surface area contributed by atoms with Crippen LogP contribution in [0.15, 0.2) is 80.6 Å². The van der Waals surface area contributed by atoms with Crippen molar-refractivity contribution in [1.82, 2.24) is 5.01 Å². The largest absolute Gasteiger partial charge is 0.483 e. The van der Waals surface area contributed by atoms with Crippen molar-refractivity contribution in [1.29, 1.82) is 0 Å². The molecule has 0 bridgehead atoms. The minimum Gasteiger partial charge on any atom is -0.483 e. The fraction of sp³-hybridized carbons (Fsp3) is 0.240. The highest BCUT2D eigenvalue weighted by Crippen LogP contribution is 2.44.